The van der Waals surface area contributed by atoms with E-state index in [-0.39, 0.29) is 16.8 Å². The number of rotatable bonds is 4. The van der Waals surface area contributed by atoms with Gasteiger partial charge in [-0.2, -0.15) is 0 Å². The van der Waals surface area contributed by atoms with E-state index in [9.17, 15) is 4.39 Å². The first kappa shape index (κ1) is 17.1. The smallest absolute Gasteiger partial charge is 0.229 e. The molecule has 4 nitrogen and oxygen atoms in total. The quantitative estimate of drug-likeness (QED) is 0.624. The van der Waals surface area contributed by atoms with Crippen molar-refractivity contribution in [3.8, 4) is 11.1 Å². The molecule has 0 saturated heterocycles. The molecule has 3 aliphatic rings. The first-order valence-electron chi connectivity index (χ1n) is 10.2. The second-order valence-corrected chi connectivity index (χ2v) is 8.55. The molecule has 2 fully saturated rings. The molecule has 1 aliphatic heterocycles. The van der Waals surface area contributed by atoms with Crippen LogP contribution in [0.4, 0.5) is 16.0 Å². The average Bonchev–Trinajstić information content (AvgIpc) is 3.67. The molecule has 2 saturated carbocycles. The van der Waals surface area contributed by atoms with Crippen LogP contribution >= 0.6 is 0 Å². The van der Waals surface area contributed by atoms with E-state index in [0.29, 0.717) is 17.1 Å². The van der Waals surface area contributed by atoms with Crippen molar-refractivity contribution >= 4 is 11.6 Å². The van der Waals surface area contributed by atoms with Gasteiger partial charge in [0.25, 0.3) is 0 Å². The summed E-state index contributed by atoms with van der Waals surface area (Å²) in [5, 5.41) is 0. The van der Waals surface area contributed by atoms with E-state index in [1.807, 2.05) is 6.07 Å². The zero-order valence-electron chi connectivity index (χ0n) is 16.4. The summed E-state index contributed by atoms with van der Waals surface area (Å²) < 4.78 is 19.9. The molecule has 6 rings (SSSR count). The van der Waals surface area contributed by atoms with Gasteiger partial charge < -0.3 is 9.64 Å². The highest BCUT2D eigenvalue weighted by Crippen LogP contribution is 2.59. The molecule has 0 radical (unpaired) electrons. The van der Waals surface area contributed by atoms with Gasteiger partial charge in [-0.1, -0.05) is 30.3 Å². The van der Waals surface area contributed by atoms with Crippen LogP contribution in [0.5, 0.6) is 0 Å². The van der Waals surface area contributed by atoms with Crippen LogP contribution in [0.15, 0.2) is 54.9 Å². The molecule has 1 spiro atoms. The minimum atomic E-state index is -0.258. The minimum Gasteiger partial charge on any atom is -0.374 e. The summed E-state index contributed by atoms with van der Waals surface area (Å²) in [7, 11) is 1.80. The molecule has 0 bridgehead atoms. The topological polar surface area (TPSA) is 38.2 Å². The fourth-order valence-electron chi connectivity index (χ4n) is 4.74. The predicted octanol–water partition coefficient (Wildman–Crippen LogP) is 5.10. The van der Waals surface area contributed by atoms with Gasteiger partial charge in [0.15, 0.2) is 0 Å². The van der Waals surface area contributed by atoms with Gasteiger partial charge in [-0.25, -0.2) is 14.4 Å². The lowest BCUT2D eigenvalue weighted by atomic mass is 9.95. The van der Waals surface area contributed by atoms with Crippen LogP contribution in [0, 0.1) is 5.82 Å². The van der Waals surface area contributed by atoms with Crippen LogP contribution in [-0.4, -0.2) is 23.6 Å². The number of nitrogens with zero attached hydrogens (tertiary/aromatic N) is 3. The monoisotopic (exact) mass is 387 g/mol. The Hall–Kier alpha value is -2.79. The maximum Gasteiger partial charge on any atom is 0.229 e. The zero-order chi connectivity index (χ0) is 19.6. The third kappa shape index (κ3) is 2.53. The summed E-state index contributed by atoms with van der Waals surface area (Å²) in [6, 6.07) is 13.5. The summed E-state index contributed by atoms with van der Waals surface area (Å²) in [6.45, 7) is 0.908. The number of fused-ring (bicyclic) bond motifs is 2. The van der Waals surface area contributed by atoms with Gasteiger partial charge in [0.2, 0.25) is 5.95 Å². The van der Waals surface area contributed by atoms with Crippen molar-refractivity contribution < 1.29 is 9.13 Å². The summed E-state index contributed by atoms with van der Waals surface area (Å²) in [6.07, 6.45) is 8.00. The molecular formula is C24H22FN3O. The normalized spacial score (nSPS) is 20.0. The molecule has 2 aliphatic carbocycles. The Balaban J connectivity index is 1.38. The Morgan fingerprint density at radius 2 is 1.76 bits per heavy atom. The van der Waals surface area contributed by atoms with E-state index in [4.69, 9.17) is 4.74 Å². The van der Waals surface area contributed by atoms with Crippen LogP contribution in [-0.2, 0) is 15.8 Å². The van der Waals surface area contributed by atoms with Crippen molar-refractivity contribution in [2.24, 2.45) is 0 Å². The van der Waals surface area contributed by atoms with Crippen LogP contribution in [0.25, 0.3) is 11.1 Å². The van der Waals surface area contributed by atoms with Crippen LogP contribution in [0.3, 0.4) is 0 Å². The van der Waals surface area contributed by atoms with Crippen molar-refractivity contribution in [3.63, 3.8) is 0 Å². The van der Waals surface area contributed by atoms with Crippen LogP contribution < -0.4 is 4.90 Å². The summed E-state index contributed by atoms with van der Waals surface area (Å²) >= 11 is 0. The molecule has 29 heavy (non-hydrogen) atoms. The number of benzene rings is 2. The number of methoxy groups -OCH3 is 1. The van der Waals surface area contributed by atoms with Crippen molar-refractivity contribution in [2.75, 3.05) is 18.6 Å². The van der Waals surface area contributed by atoms with Gasteiger partial charge in [-0.3, -0.25) is 0 Å². The van der Waals surface area contributed by atoms with E-state index in [2.05, 4.69) is 33.1 Å². The number of hydrogen-bond acceptors (Lipinski definition) is 4. The largest absolute Gasteiger partial charge is 0.374 e. The van der Waals surface area contributed by atoms with Crippen molar-refractivity contribution in [1.29, 1.82) is 0 Å². The Morgan fingerprint density at radius 1 is 1.00 bits per heavy atom. The molecule has 3 aromatic rings. The van der Waals surface area contributed by atoms with Gasteiger partial charge in [0.1, 0.15) is 5.82 Å². The maximum absolute atomic E-state index is 14.1. The van der Waals surface area contributed by atoms with Gasteiger partial charge in [-0.15, -0.1) is 0 Å². The van der Waals surface area contributed by atoms with E-state index >= 15 is 0 Å². The van der Waals surface area contributed by atoms with Gasteiger partial charge in [-0.05, 0) is 48.9 Å². The van der Waals surface area contributed by atoms with Crippen LogP contribution in [0.1, 0.15) is 36.8 Å². The van der Waals surface area contributed by atoms with Gasteiger partial charge in [0, 0.05) is 48.3 Å². The molecule has 2 heterocycles. The lowest BCUT2D eigenvalue weighted by molar-refractivity contribution is 0.0789. The third-order valence-electron chi connectivity index (χ3n) is 6.86. The molecule has 0 unspecified atom stereocenters. The molecule has 146 valence electrons. The second kappa shape index (κ2) is 5.86. The molecule has 0 amide bonds. The molecule has 0 atom stereocenters. The second-order valence-electron chi connectivity index (χ2n) is 8.55. The Morgan fingerprint density at radius 3 is 2.41 bits per heavy atom. The standard InChI is InChI=1S/C24H22FN3O/c1-29-24(10-11-24)17-6-7-19-21(12-17)28(15-23(19)8-9-23)22-26-13-16(14-27-22)18-4-2-3-5-20(18)25/h2-7,12-14H,8-11,15H2,1H3. The predicted molar refractivity (Wildman–Crippen MR) is 110 cm³/mol. The number of aromatic nitrogens is 2. The molecule has 0 N–H and O–H groups in total. The molecular weight excluding hydrogens is 365 g/mol. The summed E-state index contributed by atoms with van der Waals surface area (Å²) in [5.74, 6) is 0.417. The van der Waals surface area contributed by atoms with Crippen LogP contribution in [0.2, 0.25) is 0 Å². The molecule has 1 aromatic heterocycles. The zero-order valence-corrected chi connectivity index (χ0v) is 16.4. The maximum atomic E-state index is 14.1. The van der Waals surface area contributed by atoms with Crippen molar-refractivity contribution in [1.82, 2.24) is 9.97 Å². The number of hydrogen-bond donors (Lipinski definition) is 0. The number of halogens is 1. The Labute approximate surface area is 169 Å². The van der Waals surface area contributed by atoms with Gasteiger partial charge >= 0.3 is 0 Å². The Kier molecular flexibility index (Phi) is 3.46. The lowest BCUT2D eigenvalue weighted by Gasteiger charge is -2.20. The van der Waals surface area contributed by atoms with E-state index in [1.165, 1.54) is 35.7 Å². The Bertz CT molecular complexity index is 1100. The van der Waals surface area contributed by atoms with E-state index in [0.717, 1.165) is 19.4 Å². The number of anilines is 2. The first-order valence-corrected chi connectivity index (χ1v) is 10.2. The third-order valence-corrected chi connectivity index (χ3v) is 6.86. The van der Waals surface area contributed by atoms with Crippen molar-refractivity contribution in [3.05, 3.63) is 71.8 Å². The average molecular weight is 387 g/mol. The van der Waals surface area contributed by atoms with E-state index < -0.39 is 0 Å². The lowest BCUT2D eigenvalue weighted by Crippen LogP contribution is -2.21. The molecule has 5 heteroatoms. The van der Waals surface area contributed by atoms with E-state index in [1.54, 1.807) is 31.6 Å². The highest BCUT2D eigenvalue weighted by molar-refractivity contribution is 5.73. The number of ether oxygens (including phenoxy) is 1. The summed E-state index contributed by atoms with van der Waals surface area (Å²) in [4.78, 5) is 11.5. The van der Waals surface area contributed by atoms with Crippen molar-refractivity contribution in [2.45, 2.75) is 36.7 Å². The minimum absolute atomic E-state index is 0.116. The fraction of sp³-hybridized carbons (Fsp3) is 0.333. The highest BCUT2D eigenvalue weighted by atomic mass is 19.1. The summed E-state index contributed by atoms with van der Waals surface area (Å²) in [5.41, 5.74) is 5.18. The fourth-order valence-corrected chi connectivity index (χ4v) is 4.74. The van der Waals surface area contributed by atoms with Gasteiger partial charge in [0.05, 0.1) is 5.60 Å². The SMILES string of the molecule is COC1(c2ccc3c(c2)N(c2ncc(-c4ccccc4F)cn2)CC32CC2)CC1. The first-order chi connectivity index (χ1) is 14.1. The highest BCUT2D eigenvalue weighted by Gasteiger charge is 2.53. The molecule has 2 aromatic carbocycles.